The number of hydrogen-bond donors (Lipinski definition) is 1. The van der Waals surface area contributed by atoms with Crippen LogP contribution in [-0.4, -0.2) is 35.2 Å². The molecule has 0 aliphatic heterocycles. The van der Waals surface area contributed by atoms with Crippen molar-refractivity contribution in [2.45, 2.75) is 127 Å². The zero-order valence-corrected chi connectivity index (χ0v) is 30.3. The molecule has 3 aliphatic rings. The van der Waals surface area contributed by atoms with Crippen molar-refractivity contribution in [3.05, 3.63) is 139 Å². The van der Waals surface area contributed by atoms with E-state index in [0.717, 1.165) is 56.3 Å². The molecular formula is C46H58O5. The lowest BCUT2D eigenvalue weighted by Crippen LogP contribution is -2.29. The minimum Gasteiger partial charge on any atom is -0.486 e. The van der Waals surface area contributed by atoms with Crippen molar-refractivity contribution >= 4 is 11.8 Å². The molecule has 1 N–H and O–H groups in total. The van der Waals surface area contributed by atoms with Crippen LogP contribution in [0.15, 0.2) is 127 Å². The van der Waals surface area contributed by atoms with Crippen LogP contribution in [0.4, 0.5) is 0 Å². The molecule has 0 radical (unpaired) electrons. The molecule has 5 heteroatoms. The van der Waals surface area contributed by atoms with E-state index in [1.807, 2.05) is 103 Å². The smallest absolute Gasteiger partial charge is 0.321 e. The van der Waals surface area contributed by atoms with Crippen molar-refractivity contribution in [1.29, 1.82) is 0 Å². The Morgan fingerprint density at radius 1 is 0.588 bits per heavy atom. The third-order valence-electron chi connectivity index (χ3n) is 9.36. The molecule has 4 unspecified atom stereocenters. The van der Waals surface area contributed by atoms with Crippen LogP contribution >= 0.6 is 0 Å². The minimum absolute atomic E-state index is 0.132. The Morgan fingerprint density at radius 2 is 1.10 bits per heavy atom. The number of esters is 1. The molecule has 3 aliphatic carbocycles. The first kappa shape index (κ1) is 39.6. The van der Waals surface area contributed by atoms with E-state index < -0.39 is 11.9 Å². The van der Waals surface area contributed by atoms with E-state index >= 15 is 0 Å². The minimum atomic E-state index is -0.884. The number of benzene rings is 3. The Kier molecular flexibility index (Phi) is 18.7. The van der Waals surface area contributed by atoms with Gasteiger partial charge in [-0.2, -0.15) is 0 Å². The lowest BCUT2D eigenvalue weighted by Gasteiger charge is -2.21. The van der Waals surface area contributed by atoms with Crippen molar-refractivity contribution < 1.29 is 24.2 Å². The Hall–Kier alpha value is -4.22. The predicted octanol–water partition coefficient (Wildman–Crippen LogP) is 10.8. The maximum atomic E-state index is 13.0. The summed E-state index contributed by atoms with van der Waals surface area (Å²) in [5.74, 6) is -0.484. The van der Waals surface area contributed by atoms with Gasteiger partial charge in [-0.05, 0) is 106 Å². The topological polar surface area (TPSA) is 72.8 Å². The van der Waals surface area contributed by atoms with Gasteiger partial charge in [0.05, 0.1) is 6.10 Å². The zero-order chi connectivity index (χ0) is 35.8. The summed E-state index contributed by atoms with van der Waals surface area (Å²) >= 11 is 0. The maximum Gasteiger partial charge on any atom is 0.321 e. The molecule has 0 heterocycles. The summed E-state index contributed by atoms with van der Waals surface area (Å²) in [5, 5.41) is 9.13. The standard InChI is InChI=1S/C24H26O3.C14H18O.C8H14O/c25-22(18-19-12-6-4-7-13-19)23(20-14-8-5-9-15-20)24(26)27-21-16-10-2-1-3-11-17-21;1-2-5-9-13(10-6-3-1)15-14-11-7-4-8-12-14;9-8-6-4-2-1-3-5-7-8/h4-10,12-16,21,23H,1-3,11,17-18H2;4-5,7-9,11-13H,1-3,6,10H2;4,6,8-9H,1-3,5,7H2/b16-10+;9-5+;6-4+. The van der Waals surface area contributed by atoms with Crippen LogP contribution in [-0.2, 0) is 20.7 Å². The van der Waals surface area contributed by atoms with Gasteiger partial charge >= 0.3 is 5.97 Å². The van der Waals surface area contributed by atoms with Crippen LogP contribution in [0.2, 0.25) is 0 Å². The van der Waals surface area contributed by atoms with E-state index in [9.17, 15) is 9.59 Å². The fourth-order valence-electron chi connectivity index (χ4n) is 6.48. The number of Topliss-reactive ketones (excluding diaryl/α,β-unsaturated/α-hetero) is 1. The molecule has 5 nitrogen and oxygen atoms in total. The normalized spacial score (nSPS) is 23.0. The fourth-order valence-corrected chi connectivity index (χ4v) is 6.48. The SMILES string of the molecule is C1=C/C(Oc2ccccc2)CCCCC/1.O=C(Cc1ccccc1)C(C(=O)OC1/C=C/CCCCC1)c1ccccc1.OC1/C=C/CCCCC1. The van der Waals surface area contributed by atoms with Crippen LogP contribution < -0.4 is 4.74 Å². The van der Waals surface area contributed by atoms with Crippen LogP contribution in [0.3, 0.4) is 0 Å². The molecule has 0 spiro atoms. The molecule has 51 heavy (non-hydrogen) atoms. The van der Waals surface area contributed by atoms with Crippen molar-refractivity contribution in [3.63, 3.8) is 0 Å². The molecule has 0 aromatic heterocycles. The van der Waals surface area contributed by atoms with Gasteiger partial charge in [0, 0.05) is 6.42 Å². The molecule has 0 fully saturated rings. The van der Waals surface area contributed by atoms with Gasteiger partial charge in [-0.25, -0.2) is 0 Å². The van der Waals surface area contributed by atoms with Gasteiger partial charge in [-0.15, -0.1) is 0 Å². The quantitative estimate of drug-likeness (QED) is 0.145. The first-order chi connectivity index (χ1) is 25.1. The van der Waals surface area contributed by atoms with Crippen molar-refractivity contribution in [1.82, 2.24) is 0 Å². The summed E-state index contributed by atoms with van der Waals surface area (Å²) in [5.41, 5.74) is 1.60. The van der Waals surface area contributed by atoms with E-state index in [1.165, 1.54) is 51.4 Å². The molecule has 0 saturated carbocycles. The Labute approximate surface area is 306 Å². The number of ketones is 1. The van der Waals surface area contributed by atoms with Gasteiger partial charge in [0.2, 0.25) is 0 Å². The van der Waals surface area contributed by atoms with Gasteiger partial charge in [0.25, 0.3) is 0 Å². The molecule has 6 rings (SSSR count). The lowest BCUT2D eigenvalue weighted by atomic mass is 9.91. The highest BCUT2D eigenvalue weighted by atomic mass is 16.5. The number of carbonyl (C=O) groups excluding carboxylic acids is 2. The van der Waals surface area contributed by atoms with Gasteiger partial charge in [0.15, 0.2) is 5.78 Å². The van der Waals surface area contributed by atoms with Crippen molar-refractivity contribution in [2.24, 2.45) is 0 Å². The first-order valence-electron chi connectivity index (χ1n) is 19.3. The van der Waals surface area contributed by atoms with E-state index in [2.05, 4.69) is 24.3 Å². The van der Waals surface area contributed by atoms with E-state index in [4.69, 9.17) is 14.6 Å². The largest absolute Gasteiger partial charge is 0.486 e. The van der Waals surface area contributed by atoms with Gasteiger partial charge < -0.3 is 14.6 Å². The van der Waals surface area contributed by atoms with E-state index in [-0.39, 0.29) is 30.5 Å². The monoisotopic (exact) mass is 690 g/mol. The summed E-state index contributed by atoms with van der Waals surface area (Å²) in [6.45, 7) is 0. The Morgan fingerprint density at radius 3 is 1.73 bits per heavy atom. The van der Waals surface area contributed by atoms with Crippen LogP contribution in [0.1, 0.15) is 113 Å². The third kappa shape index (κ3) is 16.1. The highest BCUT2D eigenvalue weighted by Gasteiger charge is 2.31. The number of hydrogen-bond acceptors (Lipinski definition) is 5. The summed E-state index contributed by atoms with van der Waals surface area (Å²) in [7, 11) is 0. The molecule has 0 bridgehead atoms. The molecule has 0 amide bonds. The summed E-state index contributed by atoms with van der Waals surface area (Å²) in [6.07, 6.45) is 30.0. The van der Waals surface area contributed by atoms with Gasteiger partial charge in [-0.3, -0.25) is 9.59 Å². The summed E-state index contributed by atoms with van der Waals surface area (Å²) in [6, 6.07) is 28.8. The molecule has 272 valence electrons. The molecule has 0 saturated heterocycles. The van der Waals surface area contributed by atoms with Gasteiger partial charge in [0.1, 0.15) is 23.9 Å². The highest BCUT2D eigenvalue weighted by molar-refractivity contribution is 6.05. The van der Waals surface area contributed by atoms with E-state index in [1.54, 1.807) is 0 Å². The second-order valence-corrected chi connectivity index (χ2v) is 13.7. The number of carbonyl (C=O) groups is 2. The Balaban J connectivity index is 0.000000202. The number of rotatable bonds is 8. The third-order valence-corrected chi connectivity index (χ3v) is 9.36. The number of allylic oxidation sites excluding steroid dienone is 3. The van der Waals surface area contributed by atoms with Crippen LogP contribution in [0.5, 0.6) is 5.75 Å². The number of aliphatic hydroxyl groups excluding tert-OH is 1. The van der Waals surface area contributed by atoms with Crippen molar-refractivity contribution in [2.75, 3.05) is 0 Å². The predicted molar refractivity (Wildman–Crippen MR) is 208 cm³/mol. The van der Waals surface area contributed by atoms with E-state index in [0.29, 0.717) is 5.56 Å². The maximum absolute atomic E-state index is 13.0. The number of aliphatic hydroxyl groups is 1. The molecular weight excluding hydrogens is 633 g/mol. The zero-order valence-electron chi connectivity index (χ0n) is 30.3. The molecule has 3 aromatic rings. The second kappa shape index (κ2) is 24.1. The molecule has 3 aromatic carbocycles. The molecule has 4 atom stereocenters. The van der Waals surface area contributed by atoms with Crippen LogP contribution in [0.25, 0.3) is 0 Å². The first-order valence-corrected chi connectivity index (χ1v) is 19.3. The Bertz CT molecular complexity index is 1460. The average molecular weight is 691 g/mol. The van der Waals surface area contributed by atoms with Gasteiger partial charge in [-0.1, -0.05) is 129 Å². The summed E-state index contributed by atoms with van der Waals surface area (Å²) < 4.78 is 11.7. The van der Waals surface area contributed by atoms with Crippen molar-refractivity contribution in [3.8, 4) is 5.75 Å². The van der Waals surface area contributed by atoms with Crippen LogP contribution in [0, 0.1) is 0 Å². The average Bonchev–Trinajstić information content (AvgIpc) is 3.11. The fraction of sp³-hybridized carbons (Fsp3) is 0.435. The number of ether oxygens (including phenoxy) is 2. The lowest BCUT2D eigenvalue weighted by molar-refractivity contribution is -0.151. The second-order valence-electron chi connectivity index (χ2n) is 13.7. The highest BCUT2D eigenvalue weighted by Crippen LogP contribution is 2.24. The summed E-state index contributed by atoms with van der Waals surface area (Å²) in [4.78, 5) is 26.0. The number of para-hydroxylation sites is 1.